The van der Waals surface area contributed by atoms with Gasteiger partial charge in [-0.3, -0.25) is 0 Å². The van der Waals surface area contributed by atoms with E-state index in [-0.39, 0.29) is 0 Å². The van der Waals surface area contributed by atoms with Crippen LogP contribution in [0.2, 0.25) is 0 Å². The van der Waals surface area contributed by atoms with Crippen molar-refractivity contribution in [1.82, 2.24) is 0 Å². The Labute approximate surface area is 167 Å². The van der Waals surface area contributed by atoms with E-state index in [1.54, 1.807) is 5.57 Å². The van der Waals surface area contributed by atoms with Crippen molar-refractivity contribution < 1.29 is 4.74 Å². The Morgan fingerprint density at radius 1 is 1.00 bits per heavy atom. The molecule has 0 aromatic heterocycles. The second kappa shape index (κ2) is 6.98. The SMILES string of the molecule is CCc1ccc(Oc2cccc3ccc4c(c23)CC(C)C2=C4C=CCC2)cc1. The van der Waals surface area contributed by atoms with E-state index in [0.29, 0.717) is 5.92 Å². The average molecular weight is 367 g/mol. The van der Waals surface area contributed by atoms with E-state index in [1.165, 1.54) is 45.9 Å². The average Bonchev–Trinajstić information content (AvgIpc) is 2.74. The third-order valence-corrected chi connectivity index (χ3v) is 6.28. The molecule has 3 aromatic carbocycles. The van der Waals surface area contributed by atoms with Crippen molar-refractivity contribution in [3.8, 4) is 11.5 Å². The zero-order valence-corrected chi connectivity index (χ0v) is 16.7. The first kappa shape index (κ1) is 17.3. The molecule has 3 aromatic rings. The van der Waals surface area contributed by atoms with Crippen LogP contribution in [0.3, 0.4) is 0 Å². The second-order valence-corrected chi connectivity index (χ2v) is 8.03. The molecule has 0 N–H and O–H groups in total. The minimum atomic E-state index is 0.593. The molecule has 0 aliphatic heterocycles. The summed E-state index contributed by atoms with van der Waals surface area (Å²) in [5.41, 5.74) is 7.25. The Morgan fingerprint density at radius 3 is 2.68 bits per heavy atom. The van der Waals surface area contributed by atoms with Gasteiger partial charge in [-0.1, -0.05) is 68.0 Å². The third-order valence-electron chi connectivity index (χ3n) is 6.28. The number of aryl methyl sites for hydroxylation is 1. The highest BCUT2D eigenvalue weighted by atomic mass is 16.5. The molecule has 1 heteroatoms. The lowest BCUT2D eigenvalue weighted by molar-refractivity contribution is 0.487. The fourth-order valence-electron chi connectivity index (χ4n) is 4.77. The largest absolute Gasteiger partial charge is 0.457 e. The molecule has 0 spiro atoms. The maximum Gasteiger partial charge on any atom is 0.135 e. The van der Waals surface area contributed by atoms with Gasteiger partial charge >= 0.3 is 0 Å². The van der Waals surface area contributed by atoms with Gasteiger partial charge in [0.25, 0.3) is 0 Å². The molecule has 0 heterocycles. The predicted octanol–water partition coefficient (Wildman–Crippen LogP) is 7.49. The van der Waals surface area contributed by atoms with Gasteiger partial charge in [-0.05, 0) is 77.4 Å². The number of ether oxygens (including phenoxy) is 1. The van der Waals surface area contributed by atoms with E-state index in [4.69, 9.17) is 4.74 Å². The minimum absolute atomic E-state index is 0.593. The van der Waals surface area contributed by atoms with E-state index in [9.17, 15) is 0 Å². The van der Waals surface area contributed by atoms with Crippen LogP contribution in [-0.4, -0.2) is 0 Å². The molecular formula is C27H26O. The lowest BCUT2D eigenvalue weighted by Crippen LogP contribution is -2.15. The second-order valence-electron chi connectivity index (χ2n) is 8.03. The summed E-state index contributed by atoms with van der Waals surface area (Å²) in [6, 6.07) is 19.5. The highest BCUT2D eigenvalue weighted by molar-refractivity contribution is 5.97. The van der Waals surface area contributed by atoms with Crippen LogP contribution < -0.4 is 4.74 Å². The Hall–Kier alpha value is -2.80. The van der Waals surface area contributed by atoms with Crippen molar-refractivity contribution in [2.75, 3.05) is 0 Å². The van der Waals surface area contributed by atoms with Crippen molar-refractivity contribution in [1.29, 1.82) is 0 Å². The summed E-state index contributed by atoms with van der Waals surface area (Å²) in [6.45, 7) is 4.56. The Morgan fingerprint density at radius 2 is 1.86 bits per heavy atom. The quantitative estimate of drug-likeness (QED) is 0.466. The molecule has 2 aliphatic rings. The van der Waals surface area contributed by atoms with Gasteiger partial charge in [0.2, 0.25) is 0 Å². The molecule has 0 saturated heterocycles. The van der Waals surface area contributed by atoms with Gasteiger partial charge in [-0.2, -0.15) is 0 Å². The van der Waals surface area contributed by atoms with E-state index in [2.05, 4.69) is 80.6 Å². The van der Waals surface area contributed by atoms with Gasteiger partial charge < -0.3 is 4.74 Å². The smallest absolute Gasteiger partial charge is 0.135 e. The van der Waals surface area contributed by atoms with Crippen LogP contribution in [0, 0.1) is 5.92 Å². The van der Waals surface area contributed by atoms with Gasteiger partial charge in [-0.25, -0.2) is 0 Å². The van der Waals surface area contributed by atoms with Crippen molar-refractivity contribution >= 4 is 16.3 Å². The normalized spacial score (nSPS) is 18.1. The van der Waals surface area contributed by atoms with E-state index in [0.717, 1.165) is 24.3 Å². The Kier molecular flexibility index (Phi) is 4.31. The molecule has 1 atom stereocenters. The number of allylic oxidation sites excluding steroid dienone is 4. The molecule has 0 saturated carbocycles. The van der Waals surface area contributed by atoms with Crippen LogP contribution in [0.1, 0.15) is 43.4 Å². The maximum absolute atomic E-state index is 6.39. The summed E-state index contributed by atoms with van der Waals surface area (Å²) in [4.78, 5) is 0. The summed E-state index contributed by atoms with van der Waals surface area (Å²) in [7, 11) is 0. The van der Waals surface area contributed by atoms with Crippen LogP contribution in [0.4, 0.5) is 0 Å². The van der Waals surface area contributed by atoms with Crippen molar-refractivity contribution in [2.24, 2.45) is 5.92 Å². The van der Waals surface area contributed by atoms with Gasteiger partial charge in [-0.15, -0.1) is 0 Å². The molecule has 0 fully saturated rings. The van der Waals surface area contributed by atoms with Crippen molar-refractivity contribution in [2.45, 2.75) is 39.5 Å². The van der Waals surface area contributed by atoms with E-state index in [1.807, 2.05) is 0 Å². The highest BCUT2D eigenvalue weighted by Gasteiger charge is 2.26. The molecule has 0 bridgehead atoms. The zero-order chi connectivity index (χ0) is 19.1. The monoisotopic (exact) mass is 366 g/mol. The zero-order valence-electron chi connectivity index (χ0n) is 16.7. The summed E-state index contributed by atoms with van der Waals surface area (Å²) < 4.78 is 6.39. The van der Waals surface area contributed by atoms with Gasteiger partial charge in [0.15, 0.2) is 0 Å². The topological polar surface area (TPSA) is 9.23 Å². The Bertz CT molecular complexity index is 1100. The van der Waals surface area contributed by atoms with Crippen molar-refractivity contribution in [3.63, 3.8) is 0 Å². The molecule has 28 heavy (non-hydrogen) atoms. The minimum Gasteiger partial charge on any atom is -0.457 e. The van der Waals surface area contributed by atoms with Crippen LogP contribution in [-0.2, 0) is 12.8 Å². The van der Waals surface area contributed by atoms with Crippen molar-refractivity contribution in [3.05, 3.63) is 89.0 Å². The van der Waals surface area contributed by atoms with Gasteiger partial charge in [0.05, 0.1) is 0 Å². The number of hydrogen-bond donors (Lipinski definition) is 0. The first-order chi connectivity index (χ1) is 13.7. The van der Waals surface area contributed by atoms with Crippen LogP contribution in [0.25, 0.3) is 16.3 Å². The van der Waals surface area contributed by atoms with E-state index >= 15 is 0 Å². The molecule has 1 unspecified atom stereocenters. The maximum atomic E-state index is 6.39. The predicted molar refractivity (Wildman–Crippen MR) is 118 cm³/mol. The molecule has 140 valence electrons. The molecule has 2 aliphatic carbocycles. The Balaban J connectivity index is 1.65. The fraction of sp³-hybridized carbons (Fsp3) is 0.259. The lowest BCUT2D eigenvalue weighted by Gasteiger charge is -2.30. The fourth-order valence-corrected chi connectivity index (χ4v) is 4.77. The van der Waals surface area contributed by atoms with E-state index < -0.39 is 0 Å². The molecular weight excluding hydrogens is 340 g/mol. The standard InChI is InChI=1S/C27H26O/c1-3-19-11-14-21(15-12-19)28-26-10-6-7-20-13-16-24-23-9-5-4-8-22(23)18(2)17-25(24)27(20)26/h5-7,9-16,18H,3-4,8,17H2,1-2H3. The summed E-state index contributed by atoms with van der Waals surface area (Å²) >= 11 is 0. The van der Waals surface area contributed by atoms with Gasteiger partial charge in [0, 0.05) is 5.39 Å². The van der Waals surface area contributed by atoms with Crippen LogP contribution in [0.5, 0.6) is 11.5 Å². The summed E-state index contributed by atoms with van der Waals surface area (Å²) in [6.07, 6.45) is 9.18. The van der Waals surface area contributed by atoms with Gasteiger partial charge in [0.1, 0.15) is 11.5 Å². The number of hydrogen-bond acceptors (Lipinski definition) is 1. The van der Waals surface area contributed by atoms with Crippen LogP contribution in [0.15, 0.2) is 72.3 Å². The summed E-state index contributed by atoms with van der Waals surface area (Å²) in [5, 5.41) is 2.54. The number of fused-ring (bicyclic) bond motifs is 4. The van der Waals surface area contributed by atoms with Crippen LogP contribution >= 0.6 is 0 Å². The first-order valence-electron chi connectivity index (χ1n) is 10.5. The molecule has 0 amide bonds. The number of benzene rings is 3. The molecule has 5 rings (SSSR count). The highest BCUT2D eigenvalue weighted by Crippen LogP contribution is 2.44. The third kappa shape index (κ3) is 2.86. The molecule has 1 nitrogen and oxygen atoms in total. The molecule has 0 radical (unpaired) electrons. The summed E-state index contributed by atoms with van der Waals surface area (Å²) in [5.74, 6) is 2.47. The first-order valence-corrected chi connectivity index (χ1v) is 10.5. The number of rotatable bonds is 3. The lowest BCUT2D eigenvalue weighted by atomic mass is 9.74.